The number of hydrogen-bond acceptors (Lipinski definition) is 5. The highest BCUT2D eigenvalue weighted by Crippen LogP contribution is 2.37. The van der Waals surface area contributed by atoms with E-state index in [0.29, 0.717) is 6.04 Å². The Balaban J connectivity index is 1.25. The summed E-state index contributed by atoms with van der Waals surface area (Å²) in [6.45, 7) is 7.50. The van der Waals surface area contributed by atoms with Crippen LogP contribution in [0.15, 0.2) is 30.3 Å². The van der Waals surface area contributed by atoms with Gasteiger partial charge in [0.15, 0.2) is 6.61 Å². The molecular formula is C23H33N3O4. The number of carbonyl (C=O) groups excluding carboxylic acids is 2. The Bertz CT molecular complexity index is 725. The smallest absolute Gasteiger partial charge is 0.260 e. The number of hydrogen-bond donors (Lipinski definition) is 0. The van der Waals surface area contributed by atoms with E-state index in [0.717, 1.165) is 77.3 Å². The molecule has 3 aliphatic rings. The summed E-state index contributed by atoms with van der Waals surface area (Å²) < 4.78 is 11.9. The van der Waals surface area contributed by atoms with E-state index in [1.165, 1.54) is 0 Å². The lowest BCUT2D eigenvalue weighted by atomic mass is 9.81. The lowest BCUT2D eigenvalue weighted by Gasteiger charge is -2.49. The number of likely N-dealkylation sites (tertiary alicyclic amines) is 1. The second-order valence-corrected chi connectivity index (χ2v) is 8.70. The SMILES string of the molecule is CC(=O)N1CCN(C2CCOC3(CCN(C(=O)COc4ccccc4)CC3)C2)CC1. The van der Waals surface area contributed by atoms with Gasteiger partial charge in [-0.05, 0) is 37.8 Å². The number of piperazine rings is 1. The molecule has 0 aliphatic carbocycles. The molecule has 3 aliphatic heterocycles. The van der Waals surface area contributed by atoms with Gasteiger partial charge in [-0.25, -0.2) is 0 Å². The summed E-state index contributed by atoms with van der Waals surface area (Å²) in [5, 5.41) is 0. The van der Waals surface area contributed by atoms with Crippen molar-refractivity contribution in [2.45, 2.75) is 44.2 Å². The maximum atomic E-state index is 12.6. The summed E-state index contributed by atoms with van der Waals surface area (Å²) in [6.07, 6.45) is 3.84. The summed E-state index contributed by atoms with van der Waals surface area (Å²) in [4.78, 5) is 30.5. The Kier molecular flexibility index (Phi) is 6.58. The van der Waals surface area contributed by atoms with Crippen LogP contribution in [0.2, 0.25) is 0 Å². The highest BCUT2D eigenvalue weighted by molar-refractivity contribution is 5.77. The van der Waals surface area contributed by atoms with Crippen LogP contribution in [0.3, 0.4) is 0 Å². The van der Waals surface area contributed by atoms with Crippen molar-refractivity contribution in [3.05, 3.63) is 30.3 Å². The van der Waals surface area contributed by atoms with Crippen LogP contribution in [-0.2, 0) is 14.3 Å². The third-order valence-electron chi connectivity index (χ3n) is 6.88. The minimum Gasteiger partial charge on any atom is -0.484 e. The van der Waals surface area contributed by atoms with Gasteiger partial charge in [0.1, 0.15) is 5.75 Å². The fraction of sp³-hybridized carbons (Fsp3) is 0.652. The minimum atomic E-state index is -0.113. The van der Waals surface area contributed by atoms with Gasteiger partial charge >= 0.3 is 0 Å². The van der Waals surface area contributed by atoms with E-state index in [-0.39, 0.29) is 24.0 Å². The Labute approximate surface area is 178 Å². The molecule has 0 N–H and O–H groups in total. The summed E-state index contributed by atoms with van der Waals surface area (Å²) >= 11 is 0. The summed E-state index contributed by atoms with van der Waals surface area (Å²) in [7, 11) is 0. The number of benzene rings is 1. The van der Waals surface area contributed by atoms with Crippen LogP contribution in [-0.4, -0.2) is 90.6 Å². The van der Waals surface area contributed by atoms with Crippen LogP contribution in [0, 0.1) is 0 Å². The molecule has 0 radical (unpaired) electrons. The molecule has 3 heterocycles. The second kappa shape index (κ2) is 9.35. The number of ether oxygens (including phenoxy) is 2. The molecule has 4 rings (SSSR count). The number of rotatable bonds is 4. The van der Waals surface area contributed by atoms with Crippen molar-refractivity contribution in [3.8, 4) is 5.75 Å². The molecule has 1 unspecified atom stereocenters. The molecule has 7 nitrogen and oxygen atoms in total. The maximum Gasteiger partial charge on any atom is 0.260 e. The maximum absolute atomic E-state index is 12.6. The van der Waals surface area contributed by atoms with Gasteiger partial charge in [0.05, 0.1) is 5.60 Å². The fourth-order valence-corrected chi connectivity index (χ4v) is 4.98. The number of carbonyl (C=O) groups is 2. The fourth-order valence-electron chi connectivity index (χ4n) is 4.98. The zero-order chi connectivity index (χ0) is 21.0. The number of para-hydroxylation sites is 1. The highest BCUT2D eigenvalue weighted by atomic mass is 16.5. The van der Waals surface area contributed by atoms with Crippen LogP contribution in [0.1, 0.15) is 32.6 Å². The van der Waals surface area contributed by atoms with Crippen LogP contribution < -0.4 is 4.74 Å². The van der Waals surface area contributed by atoms with E-state index in [4.69, 9.17) is 9.47 Å². The molecule has 3 saturated heterocycles. The number of amides is 2. The van der Waals surface area contributed by atoms with Crippen LogP contribution in [0.5, 0.6) is 5.75 Å². The largest absolute Gasteiger partial charge is 0.484 e. The first-order chi connectivity index (χ1) is 14.5. The molecule has 164 valence electrons. The molecule has 1 atom stereocenters. The number of nitrogens with zero attached hydrogens (tertiary/aromatic N) is 3. The Morgan fingerprint density at radius 1 is 1.03 bits per heavy atom. The van der Waals surface area contributed by atoms with Gasteiger partial charge in [-0.1, -0.05) is 18.2 Å². The Hall–Kier alpha value is -2.12. The molecular weight excluding hydrogens is 382 g/mol. The van der Waals surface area contributed by atoms with Gasteiger partial charge in [0.25, 0.3) is 5.91 Å². The summed E-state index contributed by atoms with van der Waals surface area (Å²) in [6, 6.07) is 9.98. The van der Waals surface area contributed by atoms with Crippen molar-refractivity contribution in [1.82, 2.24) is 14.7 Å². The molecule has 1 aromatic rings. The molecule has 0 aromatic heterocycles. The average molecular weight is 416 g/mol. The van der Waals surface area contributed by atoms with Gasteiger partial charge in [0.2, 0.25) is 5.91 Å². The van der Waals surface area contributed by atoms with E-state index >= 15 is 0 Å². The molecule has 2 amide bonds. The lowest BCUT2D eigenvalue weighted by molar-refractivity contribution is -0.152. The van der Waals surface area contributed by atoms with Gasteiger partial charge < -0.3 is 19.3 Å². The zero-order valence-electron chi connectivity index (χ0n) is 17.9. The van der Waals surface area contributed by atoms with Crippen molar-refractivity contribution in [2.75, 3.05) is 52.5 Å². The molecule has 30 heavy (non-hydrogen) atoms. The first-order valence-corrected chi connectivity index (χ1v) is 11.1. The average Bonchev–Trinajstić information content (AvgIpc) is 2.79. The topological polar surface area (TPSA) is 62.3 Å². The molecule has 1 spiro atoms. The monoisotopic (exact) mass is 415 g/mol. The zero-order valence-corrected chi connectivity index (χ0v) is 17.9. The molecule has 0 bridgehead atoms. The van der Waals surface area contributed by atoms with E-state index in [1.807, 2.05) is 40.1 Å². The van der Waals surface area contributed by atoms with E-state index < -0.39 is 0 Å². The lowest BCUT2D eigenvalue weighted by Crippen LogP contribution is -2.58. The van der Waals surface area contributed by atoms with E-state index in [9.17, 15) is 9.59 Å². The number of piperidine rings is 1. The molecule has 3 fully saturated rings. The third-order valence-corrected chi connectivity index (χ3v) is 6.88. The first kappa shape index (κ1) is 21.1. The van der Waals surface area contributed by atoms with E-state index in [2.05, 4.69) is 4.90 Å². The summed E-state index contributed by atoms with van der Waals surface area (Å²) in [5.74, 6) is 0.940. The van der Waals surface area contributed by atoms with Crippen molar-refractivity contribution >= 4 is 11.8 Å². The Morgan fingerprint density at radius 3 is 2.40 bits per heavy atom. The van der Waals surface area contributed by atoms with Crippen molar-refractivity contribution < 1.29 is 19.1 Å². The van der Waals surface area contributed by atoms with Crippen molar-refractivity contribution in [1.29, 1.82) is 0 Å². The van der Waals surface area contributed by atoms with Crippen LogP contribution in [0.4, 0.5) is 0 Å². The predicted octanol–water partition coefficient (Wildman–Crippen LogP) is 1.77. The predicted molar refractivity (Wildman–Crippen MR) is 113 cm³/mol. The van der Waals surface area contributed by atoms with Crippen LogP contribution in [0.25, 0.3) is 0 Å². The van der Waals surface area contributed by atoms with Crippen molar-refractivity contribution in [3.63, 3.8) is 0 Å². The van der Waals surface area contributed by atoms with Gasteiger partial charge in [-0.15, -0.1) is 0 Å². The quantitative estimate of drug-likeness (QED) is 0.750. The second-order valence-electron chi connectivity index (χ2n) is 8.70. The standard InChI is InChI=1S/C23H33N3O4/c1-19(27)24-12-14-25(15-13-24)20-7-16-30-23(17-20)8-10-26(11-9-23)22(28)18-29-21-5-3-2-4-6-21/h2-6,20H,7-18H2,1H3. The molecule has 0 saturated carbocycles. The molecule has 7 heteroatoms. The first-order valence-electron chi connectivity index (χ1n) is 11.1. The van der Waals surface area contributed by atoms with Gasteiger partial charge in [-0.3, -0.25) is 14.5 Å². The van der Waals surface area contributed by atoms with E-state index in [1.54, 1.807) is 6.92 Å². The Morgan fingerprint density at radius 2 is 1.73 bits per heavy atom. The van der Waals surface area contributed by atoms with Crippen molar-refractivity contribution in [2.24, 2.45) is 0 Å². The third kappa shape index (κ3) is 4.95. The normalized spacial score (nSPS) is 24.6. The highest BCUT2D eigenvalue weighted by Gasteiger charge is 2.43. The van der Waals surface area contributed by atoms with Crippen LogP contribution >= 0.6 is 0 Å². The summed E-state index contributed by atoms with van der Waals surface area (Å²) in [5.41, 5.74) is -0.113. The van der Waals surface area contributed by atoms with Gasteiger partial charge in [0, 0.05) is 58.8 Å². The van der Waals surface area contributed by atoms with Gasteiger partial charge in [-0.2, -0.15) is 0 Å². The molecule has 1 aromatic carbocycles. The minimum absolute atomic E-state index is 0.0430.